The van der Waals surface area contributed by atoms with Crippen LogP contribution >= 0.6 is 0 Å². The molecule has 0 aliphatic carbocycles. The molecule has 4 nitrogen and oxygen atoms in total. The van der Waals surface area contributed by atoms with Gasteiger partial charge in [-0.3, -0.25) is 0 Å². The number of aryl methyl sites for hydroxylation is 1. The van der Waals surface area contributed by atoms with Gasteiger partial charge in [0.05, 0.1) is 4.90 Å². The zero-order valence-electron chi connectivity index (χ0n) is 16.5. The second-order valence-corrected chi connectivity index (χ2v) is 14.6. The minimum Gasteiger partial charge on any atom is -0.417 e. The molecule has 0 saturated carbocycles. The zero-order chi connectivity index (χ0) is 19.3. The van der Waals surface area contributed by atoms with Crippen LogP contribution < -0.4 is 0 Å². The third-order valence-electron chi connectivity index (χ3n) is 4.63. The van der Waals surface area contributed by atoms with Crippen molar-refractivity contribution in [3.63, 3.8) is 0 Å². The smallest absolute Gasteiger partial charge is 0.270 e. The van der Waals surface area contributed by atoms with Crippen LogP contribution in [0.25, 0.3) is 0 Å². The van der Waals surface area contributed by atoms with Gasteiger partial charge in [-0.25, -0.2) is 12.7 Å². The Balaban J connectivity index is 2.54. The molecule has 0 aromatic heterocycles. The second kappa shape index (κ2) is 8.39. The van der Waals surface area contributed by atoms with Crippen molar-refractivity contribution >= 4 is 18.3 Å². The largest absolute Gasteiger partial charge is 0.417 e. The maximum absolute atomic E-state index is 12.4. The SMILES string of the molecule is Cc1ccc(S(=O)(=O)N(C)C#CCCCO[Si](C)(C)C(C)(C)C)cc1. The number of unbranched alkanes of at least 4 members (excludes halogenated alkanes) is 1. The van der Waals surface area contributed by atoms with Gasteiger partial charge in [-0.2, -0.15) is 0 Å². The number of hydrogen-bond donors (Lipinski definition) is 0. The van der Waals surface area contributed by atoms with Crippen LogP contribution in [0.4, 0.5) is 0 Å². The Morgan fingerprint density at radius 3 is 2.24 bits per heavy atom. The first-order valence-corrected chi connectivity index (χ1v) is 12.9. The fourth-order valence-electron chi connectivity index (χ4n) is 1.80. The molecule has 0 aliphatic rings. The van der Waals surface area contributed by atoms with Gasteiger partial charge in [0.1, 0.15) is 0 Å². The van der Waals surface area contributed by atoms with E-state index in [9.17, 15) is 8.42 Å². The van der Waals surface area contributed by atoms with Gasteiger partial charge in [0.2, 0.25) is 0 Å². The van der Waals surface area contributed by atoms with E-state index in [1.54, 1.807) is 24.3 Å². The standard InChI is InChI=1S/C19H31NO3SSi/c1-17-11-13-18(14-12-17)24(21,22)20(5)15-9-8-10-16-23-25(6,7)19(2,3)4/h11-14H,8,10,16H2,1-7H3. The number of benzene rings is 1. The van der Waals surface area contributed by atoms with Gasteiger partial charge in [-0.15, -0.1) is 0 Å². The Bertz CT molecular complexity index is 723. The van der Waals surface area contributed by atoms with Gasteiger partial charge < -0.3 is 4.43 Å². The van der Waals surface area contributed by atoms with E-state index >= 15 is 0 Å². The minimum absolute atomic E-state index is 0.195. The van der Waals surface area contributed by atoms with Crippen LogP contribution in [0.15, 0.2) is 29.2 Å². The number of sulfonamides is 1. The van der Waals surface area contributed by atoms with Crippen molar-refractivity contribution < 1.29 is 12.8 Å². The van der Waals surface area contributed by atoms with Gasteiger partial charge in [0.15, 0.2) is 8.32 Å². The lowest BCUT2D eigenvalue weighted by Gasteiger charge is -2.36. The summed E-state index contributed by atoms with van der Waals surface area (Å²) in [6, 6.07) is 9.50. The van der Waals surface area contributed by atoms with E-state index in [0.29, 0.717) is 13.0 Å². The van der Waals surface area contributed by atoms with Crippen LogP contribution in [0, 0.1) is 18.9 Å². The van der Waals surface area contributed by atoms with Crippen LogP contribution in [-0.2, 0) is 14.4 Å². The van der Waals surface area contributed by atoms with E-state index < -0.39 is 18.3 Å². The van der Waals surface area contributed by atoms with E-state index in [-0.39, 0.29) is 9.93 Å². The molecule has 1 aromatic carbocycles. The first-order valence-electron chi connectivity index (χ1n) is 8.56. The molecular weight excluding hydrogens is 350 g/mol. The molecule has 0 aliphatic heterocycles. The van der Waals surface area contributed by atoms with E-state index in [1.807, 2.05) is 6.92 Å². The summed E-state index contributed by atoms with van der Waals surface area (Å²) in [6.07, 6.45) is 1.42. The lowest BCUT2D eigenvalue weighted by atomic mass is 10.2. The minimum atomic E-state index is -3.56. The number of rotatable bonds is 6. The molecule has 140 valence electrons. The summed E-state index contributed by atoms with van der Waals surface area (Å²) >= 11 is 0. The highest BCUT2D eigenvalue weighted by molar-refractivity contribution is 7.89. The van der Waals surface area contributed by atoms with Crippen molar-refractivity contribution in [3.05, 3.63) is 29.8 Å². The van der Waals surface area contributed by atoms with Crippen molar-refractivity contribution in [2.75, 3.05) is 13.7 Å². The van der Waals surface area contributed by atoms with Gasteiger partial charge in [-0.05, 0) is 43.6 Å². The molecule has 25 heavy (non-hydrogen) atoms. The Morgan fingerprint density at radius 1 is 1.16 bits per heavy atom. The normalized spacial score (nSPS) is 12.4. The number of hydrogen-bond acceptors (Lipinski definition) is 3. The predicted molar refractivity (Wildman–Crippen MR) is 106 cm³/mol. The second-order valence-electron chi connectivity index (χ2n) is 7.79. The highest BCUT2D eigenvalue weighted by Crippen LogP contribution is 2.36. The van der Waals surface area contributed by atoms with Crippen LogP contribution in [-0.4, -0.2) is 34.7 Å². The molecule has 0 fully saturated rings. The van der Waals surface area contributed by atoms with E-state index in [2.05, 4.69) is 45.8 Å². The molecule has 0 atom stereocenters. The Morgan fingerprint density at radius 2 is 1.72 bits per heavy atom. The molecule has 0 radical (unpaired) electrons. The van der Waals surface area contributed by atoms with Crippen LogP contribution in [0.2, 0.25) is 18.1 Å². The average Bonchev–Trinajstić information content (AvgIpc) is 2.49. The maximum atomic E-state index is 12.4. The zero-order valence-corrected chi connectivity index (χ0v) is 18.3. The summed E-state index contributed by atoms with van der Waals surface area (Å²) in [5.74, 6) is 2.93. The third-order valence-corrected chi connectivity index (χ3v) is 10.8. The predicted octanol–water partition coefficient (Wildman–Crippen LogP) is 4.38. The van der Waals surface area contributed by atoms with Crippen molar-refractivity contribution in [2.45, 2.75) is 63.6 Å². The van der Waals surface area contributed by atoms with Crippen LogP contribution in [0.5, 0.6) is 0 Å². The highest BCUT2D eigenvalue weighted by Gasteiger charge is 2.36. The summed E-state index contributed by atoms with van der Waals surface area (Å²) in [6.45, 7) is 13.7. The lowest BCUT2D eigenvalue weighted by molar-refractivity contribution is 0.284. The van der Waals surface area contributed by atoms with E-state index in [1.165, 1.54) is 7.05 Å². The van der Waals surface area contributed by atoms with Crippen molar-refractivity contribution in [2.24, 2.45) is 0 Å². The monoisotopic (exact) mass is 381 g/mol. The Hall–Kier alpha value is -1.29. The molecule has 0 N–H and O–H groups in total. The lowest BCUT2D eigenvalue weighted by Crippen LogP contribution is -2.40. The summed E-state index contributed by atoms with van der Waals surface area (Å²) < 4.78 is 32.0. The summed E-state index contributed by atoms with van der Waals surface area (Å²) in [5, 5.41) is 0.195. The van der Waals surface area contributed by atoms with Gasteiger partial charge >= 0.3 is 0 Å². The fourth-order valence-corrected chi connectivity index (χ4v) is 3.87. The van der Waals surface area contributed by atoms with Crippen LogP contribution in [0.3, 0.4) is 0 Å². The van der Waals surface area contributed by atoms with E-state index in [0.717, 1.165) is 16.3 Å². The molecule has 1 aromatic rings. The van der Waals surface area contributed by atoms with Crippen molar-refractivity contribution in [1.29, 1.82) is 0 Å². The highest BCUT2D eigenvalue weighted by atomic mass is 32.2. The van der Waals surface area contributed by atoms with Gasteiger partial charge in [-0.1, -0.05) is 44.4 Å². The first-order chi connectivity index (χ1) is 11.4. The van der Waals surface area contributed by atoms with Crippen molar-refractivity contribution in [3.8, 4) is 12.0 Å². The van der Waals surface area contributed by atoms with Crippen LogP contribution in [0.1, 0.15) is 39.2 Å². The molecule has 0 amide bonds. The maximum Gasteiger partial charge on any atom is 0.270 e. The van der Waals surface area contributed by atoms with Crippen molar-refractivity contribution in [1.82, 2.24) is 4.31 Å². The first kappa shape index (κ1) is 21.7. The molecular formula is C19H31NO3SSi. The average molecular weight is 382 g/mol. The molecule has 0 heterocycles. The molecule has 0 bridgehead atoms. The molecule has 0 saturated heterocycles. The molecule has 0 unspecified atom stereocenters. The summed E-state index contributed by atoms with van der Waals surface area (Å²) in [7, 11) is -3.80. The number of nitrogens with zero attached hydrogens (tertiary/aromatic N) is 1. The third kappa shape index (κ3) is 6.18. The Labute approximate surface area is 154 Å². The quantitative estimate of drug-likeness (QED) is 0.318. The summed E-state index contributed by atoms with van der Waals surface area (Å²) in [4.78, 5) is 0.260. The molecule has 6 heteroatoms. The topological polar surface area (TPSA) is 46.6 Å². The molecule has 1 rings (SSSR count). The fraction of sp³-hybridized carbons (Fsp3) is 0.579. The van der Waals surface area contributed by atoms with Gasteiger partial charge in [0, 0.05) is 26.1 Å². The van der Waals surface area contributed by atoms with E-state index in [4.69, 9.17) is 4.43 Å². The van der Waals surface area contributed by atoms with Gasteiger partial charge in [0.25, 0.3) is 10.0 Å². The summed E-state index contributed by atoms with van der Waals surface area (Å²) in [5.41, 5.74) is 1.02. The molecule has 0 spiro atoms. The Kier molecular flexibility index (Phi) is 7.30.